The monoisotopic (exact) mass is 237 g/mol. The summed E-state index contributed by atoms with van der Waals surface area (Å²) in [6, 6.07) is 0. The zero-order valence-corrected chi connectivity index (χ0v) is 9.80. The minimum Gasteiger partial charge on any atom is -0.424 e. The van der Waals surface area contributed by atoms with Crippen molar-refractivity contribution in [1.82, 2.24) is 5.32 Å². The highest BCUT2D eigenvalue weighted by molar-refractivity contribution is 5.81. The molecule has 2 aliphatic carbocycles. The summed E-state index contributed by atoms with van der Waals surface area (Å²) in [5, 5.41) is 2.37. The first-order chi connectivity index (χ1) is 8.07. The molecule has 5 nitrogen and oxygen atoms in total. The lowest BCUT2D eigenvalue weighted by Gasteiger charge is -2.28. The van der Waals surface area contributed by atoms with Gasteiger partial charge in [0.2, 0.25) is 0 Å². The summed E-state index contributed by atoms with van der Waals surface area (Å²) in [6.07, 6.45) is 3.86. The maximum absolute atomic E-state index is 12.0. The number of rotatable bonds is 1. The Hall–Kier alpha value is -1.52. The fourth-order valence-electron chi connectivity index (χ4n) is 3.47. The Balaban J connectivity index is 1.89. The summed E-state index contributed by atoms with van der Waals surface area (Å²) >= 11 is 0. The molecule has 1 aliphatic heterocycles. The van der Waals surface area contributed by atoms with Gasteiger partial charge in [0.1, 0.15) is 0 Å². The second kappa shape index (κ2) is 3.24. The first-order valence-corrected chi connectivity index (χ1v) is 5.85. The molecule has 1 saturated heterocycles. The summed E-state index contributed by atoms with van der Waals surface area (Å²) in [6.45, 7) is 1.92. The highest BCUT2D eigenvalue weighted by Crippen LogP contribution is 2.61. The first-order valence-electron chi connectivity index (χ1n) is 5.85. The number of carbonyl (C=O) groups excluding carboxylic acids is 2. The van der Waals surface area contributed by atoms with Crippen molar-refractivity contribution in [2.75, 3.05) is 7.05 Å². The van der Waals surface area contributed by atoms with Gasteiger partial charge in [0.15, 0.2) is 0 Å². The standard InChI is InChI=1S/C12H15NO4/c1-12-7-4-3-6(5-7)8(12)9(16-10(12)14)17-11(15)13-2/h3-4,6-9H,5H2,1-2H3,(H,13,15)/t6-,7+,8?,9+,12+/m0/s1. The van der Waals surface area contributed by atoms with Crippen LogP contribution in [0.2, 0.25) is 0 Å². The van der Waals surface area contributed by atoms with Crippen LogP contribution >= 0.6 is 0 Å². The molecule has 5 atom stereocenters. The molecule has 0 aromatic carbocycles. The van der Waals surface area contributed by atoms with Gasteiger partial charge in [-0.05, 0) is 25.2 Å². The van der Waals surface area contributed by atoms with Crippen LogP contribution in [0.4, 0.5) is 4.79 Å². The maximum Gasteiger partial charge on any atom is 0.409 e. The van der Waals surface area contributed by atoms with Gasteiger partial charge in [-0.25, -0.2) is 4.79 Å². The molecule has 3 rings (SSSR count). The molecule has 0 aromatic rings. The zero-order chi connectivity index (χ0) is 12.2. The average molecular weight is 237 g/mol. The largest absolute Gasteiger partial charge is 0.424 e. The average Bonchev–Trinajstić information content (AvgIpc) is 2.92. The van der Waals surface area contributed by atoms with E-state index < -0.39 is 17.8 Å². The number of hydrogen-bond acceptors (Lipinski definition) is 4. The molecule has 0 radical (unpaired) electrons. The lowest BCUT2D eigenvalue weighted by atomic mass is 9.71. The first kappa shape index (κ1) is 10.6. The third-order valence-electron chi connectivity index (χ3n) is 4.42. The SMILES string of the molecule is CNC(=O)O[C@H]1OC(=O)[C@@]2(C)C1[C@H]1C=C[C@@H]2C1. The number of cyclic esters (lactones) is 1. The van der Waals surface area contributed by atoms with Gasteiger partial charge < -0.3 is 14.8 Å². The Bertz CT molecular complexity index is 419. The van der Waals surface area contributed by atoms with E-state index in [4.69, 9.17) is 9.47 Å². The van der Waals surface area contributed by atoms with Gasteiger partial charge in [0.25, 0.3) is 6.29 Å². The fourth-order valence-corrected chi connectivity index (χ4v) is 3.47. The van der Waals surface area contributed by atoms with Crippen LogP contribution in [0.25, 0.3) is 0 Å². The van der Waals surface area contributed by atoms with Gasteiger partial charge in [-0.1, -0.05) is 12.2 Å². The number of allylic oxidation sites excluding steroid dienone is 2. The van der Waals surface area contributed by atoms with Crippen molar-refractivity contribution in [2.24, 2.45) is 23.2 Å². The Labute approximate surface area is 99.1 Å². The summed E-state index contributed by atoms with van der Waals surface area (Å²) in [7, 11) is 1.49. The summed E-state index contributed by atoms with van der Waals surface area (Å²) < 4.78 is 10.4. The van der Waals surface area contributed by atoms with Crippen LogP contribution in [0.15, 0.2) is 12.2 Å². The van der Waals surface area contributed by atoms with Gasteiger partial charge in [-0.2, -0.15) is 0 Å². The molecule has 5 heteroatoms. The maximum atomic E-state index is 12.0. The van der Waals surface area contributed by atoms with Crippen molar-refractivity contribution in [3.05, 3.63) is 12.2 Å². The van der Waals surface area contributed by atoms with E-state index >= 15 is 0 Å². The van der Waals surface area contributed by atoms with Crippen LogP contribution in [0.5, 0.6) is 0 Å². The van der Waals surface area contributed by atoms with Gasteiger partial charge in [-0.15, -0.1) is 0 Å². The topological polar surface area (TPSA) is 64.6 Å². The van der Waals surface area contributed by atoms with Gasteiger partial charge in [0, 0.05) is 7.05 Å². The molecule has 1 unspecified atom stereocenters. The van der Waals surface area contributed by atoms with E-state index in [0.29, 0.717) is 0 Å². The molecular formula is C12H15NO4. The van der Waals surface area contributed by atoms with Crippen LogP contribution < -0.4 is 5.32 Å². The molecule has 1 heterocycles. The van der Waals surface area contributed by atoms with Crippen LogP contribution in [-0.2, 0) is 14.3 Å². The highest BCUT2D eigenvalue weighted by Gasteiger charge is 2.67. The Kier molecular flexibility index (Phi) is 2.03. The summed E-state index contributed by atoms with van der Waals surface area (Å²) in [4.78, 5) is 23.2. The predicted molar refractivity (Wildman–Crippen MR) is 57.8 cm³/mol. The third kappa shape index (κ3) is 1.19. The number of nitrogens with one attached hydrogen (secondary N) is 1. The van der Waals surface area contributed by atoms with Crippen LogP contribution in [-0.4, -0.2) is 25.4 Å². The molecule has 0 aromatic heterocycles. The van der Waals surface area contributed by atoms with E-state index in [1.54, 1.807) is 0 Å². The molecule has 1 amide bonds. The number of esters is 1. The molecule has 92 valence electrons. The number of fused-ring (bicyclic) bond motifs is 5. The lowest BCUT2D eigenvalue weighted by Crippen LogP contribution is -2.37. The number of hydrogen-bond donors (Lipinski definition) is 1. The molecular weight excluding hydrogens is 222 g/mol. The molecule has 1 N–H and O–H groups in total. The van der Waals surface area contributed by atoms with Crippen LogP contribution in [0.1, 0.15) is 13.3 Å². The minimum atomic E-state index is -0.743. The fraction of sp³-hybridized carbons (Fsp3) is 0.667. The van der Waals surface area contributed by atoms with Crippen molar-refractivity contribution in [1.29, 1.82) is 0 Å². The van der Waals surface area contributed by atoms with Crippen molar-refractivity contribution >= 4 is 12.1 Å². The number of amides is 1. The second-order valence-electron chi connectivity index (χ2n) is 5.13. The van der Waals surface area contributed by atoms with Crippen molar-refractivity contribution in [2.45, 2.75) is 19.6 Å². The molecule has 2 bridgehead atoms. The van der Waals surface area contributed by atoms with Crippen LogP contribution in [0.3, 0.4) is 0 Å². The third-order valence-corrected chi connectivity index (χ3v) is 4.42. The smallest absolute Gasteiger partial charge is 0.409 e. The zero-order valence-electron chi connectivity index (χ0n) is 9.80. The summed E-state index contributed by atoms with van der Waals surface area (Å²) in [5.74, 6) is 0.227. The van der Waals surface area contributed by atoms with Gasteiger partial charge in [-0.3, -0.25) is 4.79 Å². The van der Waals surface area contributed by atoms with Crippen molar-refractivity contribution in [3.63, 3.8) is 0 Å². The molecule has 3 aliphatic rings. The lowest BCUT2D eigenvalue weighted by molar-refractivity contribution is -0.160. The van der Waals surface area contributed by atoms with E-state index in [9.17, 15) is 9.59 Å². The number of carbonyl (C=O) groups is 2. The molecule has 0 spiro atoms. The van der Waals surface area contributed by atoms with E-state index in [0.717, 1.165) is 6.42 Å². The molecule has 1 saturated carbocycles. The molecule has 2 fully saturated rings. The number of alkyl carbamates (subject to hydrolysis) is 1. The summed E-state index contributed by atoms with van der Waals surface area (Å²) in [5.41, 5.74) is -0.516. The van der Waals surface area contributed by atoms with E-state index in [2.05, 4.69) is 17.5 Å². The second-order valence-corrected chi connectivity index (χ2v) is 5.13. The van der Waals surface area contributed by atoms with Gasteiger partial charge in [0.05, 0.1) is 11.3 Å². The Morgan fingerprint density at radius 1 is 1.59 bits per heavy atom. The highest BCUT2D eigenvalue weighted by atomic mass is 16.7. The van der Waals surface area contributed by atoms with E-state index in [1.807, 2.05) is 6.92 Å². The number of ether oxygens (including phenoxy) is 2. The minimum absolute atomic E-state index is 0.0395. The quantitative estimate of drug-likeness (QED) is 0.547. The molecule has 17 heavy (non-hydrogen) atoms. The van der Waals surface area contributed by atoms with Crippen molar-refractivity contribution in [3.8, 4) is 0 Å². The Morgan fingerprint density at radius 3 is 3.06 bits per heavy atom. The van der Waals surface area contributed by atoms with Crippen molar-refractivity contribution < 1.29 is 19.1 Å². The van der Waals surface area contributed by atoms with Crippen LogP contribution in [0, 0.1) is 23.2 Å². The van der Waals surface area contributed by atoms with Gasteiger partial charge >= 0.3 is 12.1 Å². The predicted octanol–water partition coefficient (Wildman–Crippen LogP) is 1.05. The van der Waals surface area contributed by atoms with E-state index in [1.165, 1.54) is 7.05 Å². The normalized spacial score (nSPS) is 45.6. The Morgan fingerprint density at radius 2 is 2.35 bits per heavy atom. The van der Waals surface area contributed by atoms with E-state index in [-0.39, 0.29) is 23.7 Å².